The molecule has 2 aliphatic heterocycles. The van der Waals surface area contributed by atoms with Gasteiger partial charge in [-0.1, -0.05) is 29.8 Å². The molecule has 4 rings (SSSR count). The summed E-state index contributed by atoms with van der Waals surface area (Å²) >= 11 is 0. The summed E-state index contributed by atoms with van der Waals surface area (Å²) in [5, 5.41) is 5.20. The van der Waals surface area contributed by atoms with Gasteiger partial charge in [0.15, 0.2) is 5.43 Å². The fraction of sp³-hybridized carbons (Fsp3) is 0.409. The van der Waals surface area contributed by atoms with Crippen molar-refractivity contribution in [3.63, 3.8) is 0 Å². The summed E-state index contributed by atoms with van der Waals surface area (Å²) in [5.41, 5.74) is 4.16. The molecule has 0 bridgehead atoms. The summed E-state index contributed by atoms with van der Waals surface area (Å²) in [6.45, 7) is 5.10. The van der Waals surface area contributed by atoms with E-state index in [1.165, 1.54) is 21.7 Å². The van der Waals surface area contributed by atoms with E-state index in [-0.39, 0.29) is 11.3 Å². The highest BCUT2D eigenvalue weighted by Gasteiger charge is 2.26. The van der Waals surface area contributed by atoms with E-state index in [4.69, 9.17) is 9.56 Å². The van der Waals surface area contributed by atoms with Gasteiger partial charge in [0.05, 0.1) is 12.1 Å². The molecule has 0 spiro atoms. The average Bonchev–Trinajstić information content (AvgIpc) is 3.11. The van der Waals surface area contributed by atoms with Gasteiger partial charge in [-0.3, -0.25) is 9.69 Å². The van der Waals surface area contributed by atoms with Crippen molar-refractivity contribution in [2.24, 2.45) is 11.1 Å². The highest BCUT2D eigenvalue weighted by atomic mass is 32.2. The lowest BCUT2D eigenvalue weighted by atomic mass is 9.90. The molecule has 160 valence electrons. The van der Waals surface area contributed by atoms with Crippen molar-refractivity contribution in [1.82, 2.24) is 9.21 Å². The molecule has 0 radical (unpaired) electrons. The van der Waals surface area contributed by atoms with Crippen LogP contribution in [0.15, 0.2) is 51.4 Å². The van der Waals surface area contributed by atoms with Crippen LogP contribution >= 0.6 is 0 Å². The maximum atomic E-state index is 12.6. The van der Waals surface area contributed by atoms with E-state index in [0.717, 1.165) is 18.7 Å². The second-order valence-electron chi connectivity index (χ2n) is 8.19. The van der Waals surface area contributed by atoms with Crippen LogP contribution in [0.5, 0.6) is 0 Å². The zero-order valence-electron chi connectivity index (χ0n) is 17.1. The minimum absolute atomic E-state index is 0.0608. The van der Waals surface area contributed by atoms with Crippen LogP contribution in [0, 0.1) is 5.92 Å². The van der Waals surface area contributed by atoms with E-state index >= 15 is 0 Å². The van der Waals surface area contributed by atoms with E-state index in [0.29, 0.717) is 43.8 Å². The Bertz CT molecular complexity index is 1090. The van der Waals surface area contributed by atoms with E-state index in [9.17, 15) is 13.2 Å². The summed E-state index contributed by atoms with van der Waals surface area (Å²) in [6, 6.07) is 9.94. The largest absolute Gasteiger partial charge is 0.467 e. The number of benzene rings is 1. The zero-order chi connectivity index (χ0) is 21.3. The van der Waals surface area contributed by atoms with Gasteiger partial charge in [-0.2, -0.15) is 12.7 Å². The molecule has 1 aromatic heterocycles. The Labute approximate surface area is 177 Å². The predicted molar refractivity (Wildman–Crippen MR) is 115 cm³/mol. The third-order valence-corrected chi connectivity index (χ3v) is 7.13. The Morgan fingerprint density at radius 3 is 2.40 bits per heavy atom. The summed E-state index contributed by atoms with van der Waals surface area (Å²) in [4.78, 5) is 14.9. The van der Waals surface area contributed by atoms with Crippen molar-refractivity contribution in [2.45, 2.75) is 39.4 Å². The topological polar surface area (TPSA) is 96.8 Å². The van der Waals surface area contributed by atoms with Crippen molar-refractivity contribution in [3.05, 3.63) is 74.8 Å². The number of rotatable bonds is 5. The summed E-state index contributed by atoms with van der Waals surface area (Å²) in [7, 11) is -3.63. The SMILES string of the molecule is C/C(=C\c1coc(CN2Cc3ccccc3C2)cc1=O)C1CCN(S(N)(=O)=O)CC1. The van der Waals surface area contributed by atoms with Crippen LogP contribution in [-0.2, 0) is 29.8 Å². The van der Waals surface area contributed by atoms with Gasteiger partial charge in [0.2, 0.25) is 0 Å². The second-order valence-corrected chi connectivity index (χ2v) is 9.73. The summed E-state index contributed by atoms with van der Waals surface area (Å²) < 4.78 is 30.0. The fourth-order valence-corrected chi connectivity index (χ4v) is 5.03. The van der Waals surface area contributed by atoms with Crippen molar-refractivity contribution in [1.29, 1.82) is 0 Å². The van der Waals surface area contributed by atoms with E-state index in [1.54, 1.807) is 6.07 Å². The monoisotopic (exact) mass is 429 g/mol. The first-order chi connectivity index (χ1) is 14.3. The minimum Gasteiger partial charge on any atom is -0.467 e. The third-order valence-electron chi connectivity index (χ3n) is 6.04. The normalized spacial score (nSPS) is 19.2. The van der Waals surface area contributed by atoms with E-state index < -0.39 is 10.2 Å². The summed E-state index contributed by atoms with van der Waals surface area (Å²) in [5.74, 6) is 0.884. The van der Waals surface area contributed by atoms with Crippen molar-refractivity contribution in [3.8, 4) is 0 Å². The molecule has 3 heterocycles. The van der Waals surface area contributed by atoms with E-state index in [1.807, 2.05) is 25.1 Å². The van der Waals surface area contributed by atoms with Crippen LogP contribution in [0.3, 0.4) is 0 Å². The van der Waals surface area contributed by atoms with Crippen molar-refractivity contribution < 1.29 is 12.8 Å². The smallest absolute Gasteiger partial charge is 0.276 e. The molecule has 0 amide bonds. The van der Waals surface area contributed by atoms with Crippen LogP contribution in [0.25, 0.3) is 6.08 Å². The van der Waals surface area contributed by atoms with Gasteiger partial charge in [0, 0.05) is 32.2 Å². The van der Waals surface area contributed by atoms with Crippen LogP contribution in [0.1, 0.15) is 42.2 Å². The highest BCUT2D eigenvalue weighted by Crippen LogP contribution is 2.27. The molecule has 1 aromatic carbocycles. The zero-order valence-corrected chi connectivity index (χ0v) is 17.9. The minimum atomic E-state index is -3.63. The Morgan fingerprint density at radius 2 is 1.83 bits per heavy atom. The average molecular weight is 430 g/mol. The third kappa shape index (κ3) is 4.73. The number of hydrogen-bond donors (Lipinski definition) is 1. The molecule has 7 nitrogen and oxygen atoms in total. The molecule has 8 heteroatoms. The van der Waals surface area contributed by atoms with E-state index in [2.05, 4.69) is 17.0 Å². The number of nitrogens with two attached hydrogens (primary N) is 1. The van der Waals surface area contributed by atoms with Gasteiger partial charge < -0.3 is 4.42 Å². The van der Waals surface area contributed by atoms with Gasteiger partial charge >= 0.3 is 0 Å². The lowest BCUT2D eigenvalue weighted by Crippen LogP contribution is -2.42. The van der Waals surface area contributed by atoms with Crippen LogP contribution < -0.4 is 10.6 Å². The Kier molecular flexibility index (Phi) is 5.92. The predicted octanol–water partition coefficient (Wildman–Crippen LogP) is 2.47. The van der Waals surface area contributed by atoms with Crippen molar-refractivity contribution >= 4 is 16.3 Å². The highest BCUT2D eigenvalue weighted by molar-refractivity contribution is 7.86. The molecule has 1 fully saturated rings. The number of fused-ring (bicyclic) bond motifs is 1. The molecule has 2 aromatic rings. The summed E-state index contributed by atoms with van der Waals surface area (Å²) in [6.07, 6.45) is 4.78. The Hall–Kier alpha value is -2.26. The fourth-order valence-electron chi connectivity index (χ4n) is 4.31. The number of piperidine rings is 1. The molecular weight excluding hydrogens is 402 g/mol. The van der Waals surface area contributed by atoms with Gasteiger partial charge in [0.1, 0.15) is 12.0 Å². The first-order valence-electron chi connectivity index (χ1n) is 10.2. The second kappa shape index (κ2) is 8.47. The van der Waals surface area contributed by atoms with Crippen molar-refractivity contribution in [2.75, 3.05) is 13.1 Å². The molecule has 2 aliphatic rings. The van der Waals surface area contributed by atoms with Crippen LogP contribution in [0.2, 0.25) is 0 Å². The Morgan fingerprint density at radius 1 is 1.20 bits per heavy atom. The molecule has 1 saturated heterocycles. The lowest BCUT2D eigenvalue weighted by Gasteiger charge is -2.30. The van der Waals surface area contributed by atoms with Crippen LogP contribution in [0.4, 0.5) is 0 Å². The Balaban J connectivity index is 1.39. The van der Waals surface area contributed by atoms with Gasteiger partial charge in [-0.05, 0) is 42.9 Å². The maximum absolute atomic E-state index is 12.6. The maximum Gasteiger partial charge on any atom is 0.276 e. The van der Waals surface area contributed by atoms with Gasteiger partial charge in [0.25, 0.3) is 10.2 Å². The molecule has 0 atom stereocenters. The number of nitrogens with zero attached hydrogens (tertiary/aromatic N) is 2. The number of hydrogen-bond acceptors (Lipinski definition) is 5. The first kappa shape index (κ1) is 21.0. The van der Waals surface area contributed by atoms with Gasteiger partial charge in [-0.25, -0.2) is 5.14 Å². The number of allylic oxidation sites excluding steroid dienone is 1. The van der Waals surface area contributed by atoms with Crippen LogP contribution in [-0.4, -0.2) is 30.7 Å². The first-order valence-corrected chi connectivity index (χ1v) is 11.7. The molecule has 0 aliphatic carbocycles. The molecule has 0 unspecified atom stereocenters. The molecule has 30 heavy (non-hydrogen) atoms. The molecule has 0 saturated carbocycles. The standard InChI is InChI=1S/C22H27N3O4S/c1-16(17-6-8-25(9-7-17)30(23,27)28)10-20-15-29-21(11-22(20)26)14-24-12-18-4-2-3-5-19(18)13-24/h2-5,10-11,15,17H,6-9,12-14H2,1H3,(H2,23,27,28)/b16-10+. The quantitative estimate of drug-likeness (QED) is 0.788. The van der Waals surface area contributed by atoms with Gasteiger partial charge in [-0.15, -0.1) is 0 Å². The molecule has 2 N–H and O–H groups in total. The molecular formula is C22H27N3O4S. The lowest BCUT2D eigenvalue weighted by molar-refractivity contribution is 0.248.